The van der Waals surface area contributed by atoms with E-state index in [0.29, 0.717) is 36.0 Å². The fourth-order valence-electron chi connectivity index (χ4n) is 7.55. The highest BCUT2D eigenvalue weighted by atomic mass is 19.2. The number of carboxylic acid groups (broad SMARTS) is 2. The number of likely N-dealkylation sites (tertiary alicyclic amines) is 1. The number of anilines is 1. The second kappa shape index (κ2) is 10.8. The summed E-state index contributed by atoms with van der Waals surface area (Å²) in [5, 5.41) is 21.5. The number of carbonyl (C=O) groups excluding carboxylic acids is 1. The molecule has 2 aliphatic rings. The van der Waals surface area contributed by atoms with Gasteiger partial charge in [0.15, 0.2) is 11.6 Å². The molecular weight excluding hydrogens is 596 g/mol. The van der Waals surface area contributed by atoms with Gasteiger partial charge < -0.3 is 20.8 Å². The highest BCUT2D eigenvalue weighted by Crippen LogP contribution is 2.48. The van der Waals surface area contributed by atoms with Crippen LogP contribution in [0.1, 0.15) is 60.8 Å². The van der Waals surface area contributed by atoms with E-state index in [-0.39, 0.29) is 48.1 Å². The van der Waals surface area contributed by atoms with Crippen molar-refractivity contribution in [2.24, 2.45) is 0 Å². The molecular formula is C34H34F2N5O5+. The summed E-state index contributed by atoms with van der Waals surface area (Å²) in [6.07, 6.45) is -1.35. The van der Waals surface area contributed by atoms with Gasteiger partial charge in [0, 0.05) is 37.7 Å². The highest BCUT2D eigenvalue weighted by molar-refractivity contribution is 6.06. The number of hydrogen-bond acceptors (Lipinski definition) is 6. The Bertz CT molecular complexity index is 1920. The van der Waals surface area contributed by atoms with Crippen LogP contribution in [0, 0.1) is 11.6 Å². The highest BCUT2D eigenvalue weighted by Gasteiger charge is 2.69. The number of carboxylic acids is 1. The average Bonchev–Trinajstić information content (AvgIpc) is 3.61. The predicted molar refractivity (Wildman–Crippen MR) is 166 cm³/mol. The van der Waals surface area contributed by atoms with Gasteiger partial charge in [-0.3, -0.25) is 4.79 Å². The number of benzene rings is 3. The molecule has 6 rings (SSSR count). The Kier molecular flexibility index (Phi) is 7.31. The van der Waals surface area contributed by atoms with E-state index in [0.717, 1.165) is 23.3 Å². The molecule has 4 aromatic rings. The molecule has 0 bridgehead atoms. The predicted octanol–water partition coefficient (Wildman–Crippen LogP) is 5.77. The van der Waals surface area contributed by atoms with Crippen LogP contribution < -0.4 is 5.73 Å². The molecule has 46 heavy (non-hydrogen) atoms. The first-order valence-electron chi connectivity index (χ1n) is 15.0. The van der Waals surface area contributed by atoms with E-state index < -0.39 is 39.3 Å². The van der Waals surface area contributed by atoms with Gasteiger partial charge in [-0.15, -0.1) is 0 Å². The molecule has 0 radical (unpaired) electrons. The minimum Gasteiger partial charge on any atom is -0.477 e. The first kappa shape index (κ1) is 31.0. The fraction of sp³-hybridized carbons (Fsp3) is 0.324. The summed E-state index contributed by atoms with van der Waals surface area (Å²) < 4.78 is 29.0. The minimum absolute atomic E-state index is 0.0199. The van der Waals surface area contributed by atoms with Gasteiger partial charge in [-0.2, -0.15) is 4.79 Å². The Morgan fingerprint density at radius 3 is 2.24 bits per heavy atom. The Hall–Kier alpha value is -4.97. The standard InChI is InChI=1S/C34H33F2N5O5/c1-33(2,3)41(32(45)46)12-6-11-34(41,30(43)44)16-22-14-25(35)26(36)15-23(22)19-9-10-27-24(13-19)28(39-31(37)38-27)29(42)40-17-20-7-4-5-8-21(20)18-40/h4-5,7-10,13-15H,6,11-12,16-18H2,1-3H3,(H3-,37,38,39,43,44,45,46)/p+1/t34?,41-/m0/s1. The van der Waals surface area contributed by atoms with Crippen LogP contribution in [0.25, 0.3) is 22.0 Å². The zero-order valence-electron chi connectivity index (χ0n) is 25.7. The topological polar surface area (TPSA) is 147 Å². The minimum atomic E-state index is -1.87. The third-order valence-electron chi connectivity index (χ3n) is 9.67. The monoisotopic (exact) mass is 630 g/mol. The Balaban J connectivity index is 1.49. The third kappa shape index (κ3) is 4.66. The number of fused-ring (bicyclic) bond motifs is 2. The SMILES string of the molecule is CC(C)(C)[N@@+]1(C(=O)O)CCCC1(Cc1cc(F)c(F)cc1-c1ccc2nc(N)nc(C(=O)N3Cc4ccccc4C3)c2c1)C(=O)O. The van der Waals surface area contributed by atoms with Crippen LogP contribution in [0.3, 0.4) is 0 Å². The molecule has 12 heteroatoms. The van der Waals surface area contributed by atoms with Crippen LogP contribution in [0.4, 0.5) is 19.5 Å². The molecule has 238 valence electrons. The van der Waals surface area contributed by atoms with Crippen molar-refractivity contribution in [3.05, 3.63) is 88.6 Å². The number of nitrogen functional groups attached to an aromatic ring is 1. The Labute approximate surface area is 263 Å². The lowest BCUT2D eigenvalue weighted by atomic mass is 9.80. The van der Waals surface area contributed by atoms with E-state index in [4.69, 9.17) is 5.73 Å². The molecule has 2 amide bonds. The normalized spacial score (nSPS) is 21.0. The van der Waals surface area contributed by atoms with Gasteiger partial charge in [-0.05, 0) is 72.9 Å². The Morgan fingerprint density at radius 1 is 0.978 bits per heavy atom. The lowest BCUT2D eigenvalue weighted by Gasteiger charge is -2.49. The zero-order valence-corrected chi connectivity index (χ0v) is 25.7. The first-order chi connectivity index (χ1) is 21.7. The lowest BCUT2D eigenvalue weighted by Crippen LogP contribution is -2.75. The average molecular weight is 631 g/mol. The summed E-state index contributed by atoms with van der Waals surface area (Å²) in [4.78, 5) is 50.0. The van der Waals surface area contributed by atoms with Crippen molar-refractivity contribution in [2.75, 3.05) is 12.3 Å². The Morgan fingerprint density at radius 2 is 1.63 bits per heavy atom. The van der Waals surface area contributed by atoms with Crippen LogP contribution in [0.15, 0.2) is 54.6 Å². The van der Waals surface area contributed by atoms with E-state index >= 15 is 0 Å². The van der Waals surface area contributed by atoms with Gasteiger partial charge in [-0.25, -0.2) is 28.0 Å². The molecule has 1 aromatic heterocycles. The molecule has 4 N–H and O–H groups in total. The van der Waals surface area contributed by atoms with Crippen LogP contribution in [0.5, 0.6) is 0 Å². The van der Waals surface area contributed by atoms with Gasteiger partial charge in [0.05, 0.1) is 12.1 Å². The number of nitrogens with two attached hydrogens (primary N) is 1. The van der Waals surface area contributed by atoms with Crippen molar-refractivity contribution in [2.45, 2.75) is 64.2 Å². The summed E-state index contributed by atoms with van der Waals surface area (Å²) in [6.45, 7) is 5.82. The maximum Gasteiger partial charge on any atom is 0.514 e. The molecule has 2 aliphatic heterocycles. The van der Waals surface area contributed by atoms with Crippen LogP contribution in [-0.2, 0) is 24.3 Å². The number of aromatic nitrogens is 2. The van der Waals surface area contributed by atoms with Crippen molar-refractivity contribution >= 4 is 34.8 Å². The van der Waals surface area contributed by atoms with Crippen LogP contribution in [0.2, 0.25) is 0 Å². The van der Waals surface area contributed by atoms with Crippen LogP contribution >= 0.6 is 0 Å². The van der Waals surface area contributed by atoms with Crippen molar-refractivity contribution in [3.63, 3.8) is 0 Å². The van der Waals surface area contributed by atoms with Crippen molar-refractivity contribution in [1.82, 2.24) is 14.9 Å². The van der Waals surface area contributed by atoms with Gasteiger partial charge in [0.1, 0.15) is 11.2 Å². The summed E-state index contributed by atoms with van der Waals surface area (Å²) >= 11 is 0. The summed E-state index contributed by atoms with van der Waals surface area (Å²) in [6, 6.07) is 14.4. The molecule has 2 atom stereocenters. The number of aliphatic carboxylic acids is 1. The molecule has 3 heterocycles. The van der Waals surface area contributed by atoms with E-state index in [9.17, 15) is 33.4 Å². The zero-order chi connectivity index (χ0) is 33.2. The molecule has 0 spiro atoms. The molecule has 3 aromatic carbocycles. The molecule has 1 saturated heterocycles. The number of quaternary nitrogens is 1. The molecule has 10 nitrogen and oxygen atoms in total. The van der Waals surface area contributed by atoms with E-state index in [1.165, 1.54) is 0 Å². The first-order valence-corrected chi connectivity index (χ1v) is 15.0. The number of halogens is 2. The fourth-order valence-corrected chi connectivity index (χ4v) is 7.55. The van der Waals surface area contributed by atoms with Gasteiger partial charge in [0.25, 0.3) is 5.91 Å². The summed E-state index contributed by atoms with van der Waals surface area (Å²) in [5.41, 5.74) is 6.12. The van der Waals surface area contributed by atoms with Crippen molar-refractivity contribution in [1.29, 1.82) is 0 Å². The van der Waals surface area contributed by atoms with Crippen molar-refractivity contribution < 1.29 is 37.9 Å². The van der Waals surface area contributed by atoms with E-state index in [2.05, 4.69) is 9.97 Å². The number of hydrogen-bond donors (Lipinski definition) is 3. The lowest BCUT2D eigenvalue weighted by molar-refractivity contribution is -0.930. The molecule has 0 aliphatic carbocycles. The molecule has 1 unspecified atom stereocenters. The number of amides is 2. The maximum absolute atomic E-state index is 14.9. The van der Waals surface area contributed by atoms with Crippen LogP contribution in [-0.4, -0.2) is 65.2 Å². The second-order valence-electron chi connectivity index (χ2n) is 13.1. The van der Waals surface area contributed by atoms with Gasteiger partial charge in [0.2, 0.25) is 11.5 Å². The van der Waals surface area contributed by atoms with E-state index in [1.807, 2.05) is 24.3 Å². The number of carbonyl (C=O) groups is 3. The molecule has 0 saturated carbocycles. The number of rotatable bonds is 5. The van der Waals surface area contributed by atoms with Crippen molar-refractivity contribution in [3.8, 4) is 11.1 Å². The smallest absolute Gasteiger partial charge is 0.477 e. The second-order valence-corrected chi connectivity index (χ2v) is 13.1. The quantitative estimate of drug-likeness (QED) is 0.236. The summed E-state index contributed by atoms with van der Waals surface area (Å²) in [7, 11) is 0. The van der Waals surface area contributed by atoms with Gasteiger partial charge >= 0.3 is 12.1 Å². The van der Waals surface area contributed by atoms with Gasteiger partial charge in [-0.1, -0.05) is 30.3 Å². The number of nitrogens with zero attached hydrogens (tertiary/aromatic N) is 4. The van der Waals surface area contributed by atoms with E-state index in [1.54, 1.807) is 43.9 Å². The maximum atomic E-state index is 14.9. The molecule has 1 fully saturated rings. The largest absolute Gasteiger partial charge is 0.514 e. The summed E-state index contributed by atoms with van der Waals surface area (Å²) in [5.74, 6) is -4.18. The third-order valence-corrected chi connectivity index (χ3v) is 9.67.